The number of para-hydroxylation sites is 2. The van der Waals surface area contributed by atoms with Crippen molar-refractivity contribution in [3.63, 3.8) is 0 Å². The average molecular weight is 429 g/mol. The molecule has 1 unspecified atom stereocenters. The molecular formula is C22H24N2O5S. The second kappa shape index (κ2) is 10.3. The number of aliphatic hydroxyl groups excluding tert-OH is 1. The Bertz CT molecular complexity index is 905. The number of hydrogen-bond donors (Lipinski definition) is 1. The van der Waals surface area contributed by atoms with E-state index < -0.39 is 16.4 Å². The van der Waals surface area contributed by atoms with Crippen LogP contribution in [0.25, 0.3) is 0 Å². The molecule has 0 aliphatic carbocycles. The maximum absolute atomic E-state index is 13.0. The Morgan fingerprint density at radius 1 is 1.13 bits per heavy atom. The molecule has 0 bridgehead atoms. The highest BCUT2D eigenvalue weighted by molar-refractivity contribution is 8.15. The van der Waals surface area contributed by atoms with Gasteiger partial charge in [0, 0.05) is 19.5 Å². The molecule has 1 saturated heterocycles. The van der Waals surface area contributed by atoms with Crippen LogP contribution in [0.1, 0.15) is 18.9 Å². The van der Waals surface area contributed by atoms with Crippen molar-refractivity contribution in [3.8, 4) is 5.75 Å². The molecule has 1 aliphatic heterocycles. The second-order valence-electron chi connectivity index (χ2n) is 6.68. The van der Waals surface area contributed by atoms with E-state index in [2.05, 4.69) is 0 Å². The molecule has 1 N–H and O–H groups in total. The van der Waals surface area contributed by atoms with E-state index in [4.69, 9.17) is 4.74 Å². The van der Waals surface area contributed by atoms with Crippen LogP contribution in [0.15, 0.2) is 54.6 Å². The molecule has 1 atom stereocenters. The Kier molecular flexibility index (Phi) is 7.48. The fourth-order valence-corrected chi connectivity index (χ4v) is 4.20. The molecule has 8 heteroatoms. The first kappa shape index (κ1) is 21.9. The number of benzene rings is 2. The van der Waals surface area contributed by atoms with Gasteiger partial charge in [-0.3, -0.25) is 14.4 Å². The van der Waals surface area contributed by atoms with Crippen molar-refractivity contribution < 1.29 is 24.2 Å². The molecule has 1 fully saturated rings. The summed E-state index contributed by atoms with van der Waals surface area (Å²) in [6.45, 7) is 2.53. The quantitative estimate of drug-likeness (QED) is 0.661. The van der Waals surface area contributed by atoms with Crippen LogP contribution in [0.4, 0.5) is 10.5 Å². The summed E-state index contributed by atoms with van der Waals surface area (Å²) >= 11 is 0.845. The first-order valence-corrected chi connectivity index (χ1v) is 10.6. The first-order chi connectivity index (χ1) is 14.5. The molecule has 0 saturated carbocycles. The van der Waals surface area contributed by atoms with Crippen molar-refractivity contribution >= 4 is 34.5 Å². The molecule has 2 aromatic rings. The number of imide groups is 1. The normalized spacial score (nSPS) is 16.1. The van der Waals surface area contributed by atoms with Crippen LogP contribution in [-0.4, -0.2) is 52.1 Å². The van der Waals surface area contributed by atoms with Crippen LogP contribution in [0.3, 0.4) is 0 Å². The van der Waals surface area contributed by atoms with Crippen molar-refractivity contribution in [2.75, 3.05) is 24.7 Å². The molecule has 0 radical (unpaired) electrons. The van der Waals surface area contributed by atoms with Crippen LogP contribution in [0.2, 0.25) is 0 Å². The van der Waals surface area contributed by atoms with E-state index in [1.807, 2.05) is 37.3 Å². The number of ether oxygens (including phenoxy) is 1. The summed E-state index contributed by atoms with van der Waals surface area (Å²) in [5.41, 5.74) is 1.31. The van der Waals surface area contributed by atoms with E-state index in [1.165, 1.54) is 4.90 Å². The summed E-state index contributed by atoms with van der Waals surface area (Å²) in [6, 6.07) is 16.3. The Morgan fingerprint density at radius 2 is 1.83 bits per heavy atom. The maximum Gasteiger partial charge on any atom is 0.293 e. The largest absolute Gasteiger partial charge is 0.492 e. The Labute approximate surface area is 179 Å². The monoisotopic (exact) mass is 428 g/mol. The number of aliphatic hydroxyl groups is 1. The van der Waals surface area contributed by atoms with Gasteiger partial charge in [0.2, 0.25) is 11.8 Å². The standard InChI is InChI=1S/C22H24N2O5S/c1-2-29-18-11-7-6-10-17(18)24-21(27)19(30-22(24)28)14-20(26)23(12-13-25)15-16-8-4-3-5-9-16/h3-11,19,25H,2,12-15H2,1H3. The van der Waals surface area contributed by atoms with Gasteiger partial charge in [0.1, 0.15) is 11.0 Å². The van der Waals surface area contributed by atoms with Gasteiger partial charge < -0.3 is 14.7 Å². The van der Waals surface area contributed by atoms with Crippen LogP contribution in [0, 0.1) is 0 Å². The zero-order chi connectivity index (χ0) is 21.5. The molecule has 1 aliphatic rings. The number of nitrogens with zero attached hydrogens (tertiary/aromatic N) is 2. The smallest absolute Gasteiger partial charge is 0.293 e. The highest BCUT2D eigenvalue weighted by Crippen LogP contribution is 2.38. The first-order valence-electron chi connectivity index (χ1n) is 9.74. The van der Waals surface area contributed by atoms with Gasteiger partial charge in [-0.15, -0.1) is 0 Å². The molecule has 0 aromatic heterocycles. The number of amides is 3. The van der Waals surface area contributed by atoms with Crippen LogP contribution in [0.5, 0.6) is 5.75 Å². The van der Waals surface area contributed by atoms with Gasteiger partial charge in [0.25, 0.3) is 5.24 Å². The predicted molar refractivity (Wildman–Crippen MR) is 115 cm³/mol. The number of thioether (sulfide) groups is 1. The minimum absolute atomic E-state index is 0.116. The van der Waals surface area contributed by atoms with E-state index in [1.54, 1.807) is 24.3 Å². The number of anilines is 1. The van der Waals surface area contributed by atoms with Crippen molar-refractivity contribution in [2.45, 2.75) is 25.1 Å². The predicted octanol–water partition coefficient (Wildman–Crippen LogP) is 3.06. The summed E-state index contributed by atoms with van der Waals surface area (Å²) in [5, 5.41) is 8.11. The van der Waals surface area contributed by atoms with Gasteiger partial charge in [-0.2, -0.15) is 0 Å². The molecular weight excluding hydrogens is 404 g/mol. The Morgan fingerprint density at radius 3 is 2.53 bits per heavy atom. The molecule has 1 heterocycles. The van der Waals surface area contributed by atoms with Crippen molar-refractivity contribution in [3.05, 3.63) is 60.2 Å². The van der Waals surface area contributed by atoms with E-state index >= 15 is 0 Å². The minimum Gasteiger partial charge on any atom is -0.492 e. The highest BCUT2D eigenvalue weighted by atomic mass is 32.2. The fraction of sp³-hybridized carbons (Fsp3) is 0.318. The van der Waals surface area contributed by atoms with E-state index in [9.17, 15) is 19.5 Å². The topological polar surface area (TPSA) is 87.2 Å². The molecule has 7 nitrogen and oxygen atoms in total. The van der Waals surface area contributed by atoms with Crippen molar-refractivity contribution in [1.82, 2.24) is 4.90 Å². The summed E-state index contributed by atoms with van der Waals surface area (Å²) in [7, 11) is 0. The molecule has 3 rings (SSSR count). The van der Waals surface area contributed by atoms with Crippen LogP contribution < -0.4 is 9.64 Å². The summed E-state index contributed by atoms with van der Waals surface area (Å²) < 4.78 is 5.54. The van der Waals surface area contributed by atoms with Crippen molar-refractivity contribution in [2.24, 2.45) is 0 Å². The SMILES string of the molecule is CCOc1ccccc1N1C(=O)SC(CC(=O)N(CCO)Cc2ccccc2)C1=O. The van der Waals surface area contributed by atoms with Gasteiger partial charge in [0.15, 0.2) is 0 Å². The second-order valence-corrected chi connectivity index (χ2v) is 7.83. The number of rotatable bonds is 9. The third-order valence-corrected chi connectivity index (χ3v) is 5.66. The fourth-order valence-electron chi connectivity index (χ4n) is 3.23. The van der Waals surface area contributed by atoms with E-state index in [0.29, 0.717) is 24.6 Å². The summed E-state index contributed by atoms with van der Waals surface area (Å²) in [4.78, 5) is 41.0. The maximum atomic E-state index is 13.0. The van der Waals surface area contributed by atoms with E-state index in [0.717, 1.165) is 22.2 Å². The minimum atomic E-state index is -0.809. The Hall–Kier alpha value is -2.84. The summed E-state index contributed by atoms with van der Waals surface area (Å²) in [6.07, 6.45) is -0.116. The number of hydrogen-bond acceptors (Lipinski definition) is 6. The van der Waals surface area contributed by atoms with E-state index in [-0.39, 0.29) is 25.5 Å². The highest BCUT2D eigenvalue weighted by Gasteiger charge is 2.43. The lowest BCUT2D eigenvalue weighted by atomic mass is 10.2. The Balaban J connectivity index is 1.73. The average Bonchev–Trinajstić information content (AvgIpc) is 3.02. The zero-order valence-electron chi connectivity index (χ0n) is 16.7. The van der Waals surface area contributed by atoms with Gasteiger partial charge >= 0.3 is 0 Å². The third kappa shape index (κ3) is 5.01. The summed E-state index contributed by atoms with van der Waals surface area (Å²) in [5.74, 6) is -0.277. The number of carbonyl (C=O) groups is 3. The van der Waals surface area contributed by atoms with Gasteiger partial charge in [0.05, 0.1) is 18.9 Å². The van der Waals surface area contributed by atoms with Gasteiger partial charge in [-0.25, -0.2) is 4.90 Å². The lowest BCUT2D eigenvalue weighted by Gasteiger charge is -2.23. The third-order valence-electron chi connectivity index (χ3n) is 4.63. The molecule has 0 spiro atoms. The lowest BCUT2D eigenvalue weighted by molar-refractivity contribution is -0.133. The molecule has 158 valence electrons. The van der Waals surface area contributed by atoms with Crippen molar-refractivity contribution in [1.29, 1.82) is 0 Å². The zero-order valence-corrected chi connectivity index (χ0v) is 17.5. The number of carbonyl (C=O) groups excluding carboxylic acids is 3. The van der Waals surface area contributed by atoms with Crippen LogP contribution >= 0.6 is 11.8 Å². The van der Waals surface area contributed by atoms with Crippen LogP contribution in [-0.2, 0) is 16.1 Å². The molecule has 3 amide bonds. The van der Waals surface area contributed by atoms with Gasteiger partial charge in [-0.1, -0.05) is 42.5 Å². The van der Waals surface area contributed by atoms with Gasteiger partial charge in [-0.05, 0) is 36.4 Å². The molecule has 2 aromatic carbocycles. The molecule has 30 heavy (non-hydrogen) atoms. The lowest BCUT2D eigenvalue weighted by Crippen LogP contribution is -2.37.